The number of nitrogens with two attached hydrogens (primary N) is 1. The third-order valence-corrected chi connectivity index (χ3v) is 2.69. The summed E-state index contributed by atoms with van der Waals surface area (Å²) in [5, 5.41) is 0. The fourth-order valence-corrected chi connectivity index (χ4v) is 1.63. The number of aromatic nitrogens is 1. The molecule has 18 heavy (non-hydrogen) atoms. The quantitative estimate of drug-likeness (QED) is 0.807. The molecule has 0 amide bonds. The third kappa shape index (κ3) is 3.35. The number of nitrogen functional groups attached to an aromatic ring is 1. The number of carbonyl (C=O) groups excluding carboxylic acids is 1. The number of aryl methyl sites for hydroxylation is 1. The molecule has 100 valence electrons. The Bertz CT molecular complexity index is 419. The van der Waals surface area contributed by atoms with Gasteiger partial charge >= 0.3 is 5.97 Å². The standard InChI is InChI=1S/C13H21N3O2/c1-5-18-11(17)8-16(9(2)3)13-12(14)10(4)6-7-15-13/h6-7,9H,5,8,14H2,1-4H3. The van der Waals surface area contributed by atoms with Crippen molar-refractivity contribution in [1.82, 2.24) is 4.98 Å². The predicted octanol–water partition coefficient (Wildman–Crippen LogP) is 1.75. The molecule has 1 heterocycles. The Hall–Kier alpha value is -1.78. The molecule has 0 radical (unpaired) electrons. The van der Waals surface area contributed by atoms with Crippen molar-refractivity contribution < 1.29 is 9.53 Å². The molecular weight excluding hydrogens is 230 g/mol. The van der Waals surface area contributed by atoms with E-state index in [4.69, 9.17) is 10.5 Å². The smallest absolute Gasteiger partial charge is 0.325 e. The van der Waals surface area contributed by atoms with Crippen LogP contribution in [0.3, 0.4) is 0 Å². The lowest BCUT2D eigenvalue weighted by Crippen LogP contribution is -2.37. The van der Waals surface area contributed by atoms with Gasteiger partial charge in [0.15, 0.2) is 5.82 Å². The number of hydrogen-bond acceptors (Lipinski definition) is 5. The van der Waals surface area contributed by atoms with Gasteiger partial charge in [-0.1, -0.05) is 0 Å². The van der Waals surface area contributed by atoms with Crippen LogP contribution in [-0.4, -0.2) is 30.1 Å². The number of esters is 1. The summed E-state index contributed by atoms with van der Waals surface area (Å²) in [6.07, 6.45) is 1.70. The van der Waals surface area contributed by atoms with Crippen molar-refractivity contribution in [2.24, 2.45) is 0 Å². The molecule has 1 aromatic rings. The minimum Gasteiger partial charge on any atom is -0.465 e. The molecule has 0 saturated carbocycles. The van der Waals surface area contributed by atoms with E-state index in [0.29, 0.717) is 18.1 Å². The fourth-order valence-electron chi connectivity index (χ4n) is 1.63. The highest BCUT2D eigenvalue weighted by Crippen LogP contribution is 2.24. The normalized spacial score (nSPS) is 10.5. The zero-order chi connectivity index (χ0) is 13.7. The Morgan fingerprint density at radius 1 is 1.56 bits per heavy atom. The van der Waals surface area contributed by atoms with Crippen molar-refractivity contribution in [2.45, 2.75) is 33.7 Å². The molecule has 1 aromatic heterocycles. The van der Waals surface area contributed by atoms with Gasteiger partial charge in [-0.15, -0.1) is 0 Å². The van der Waals surface area contributed by atoms with Crippen LogP contribution in [-0.2, 0) is 9.53 Å². The number of nitrogens with zero attached hydrogens (tertiary/aromatic N) is 2. The molecule has 0 fully saturated rings. The van der Waals surface area contributed by atoms with Gasteiger partial charge in [0.1, 0.15) is 6.54 Å². The van der Waals surface area contributed by atoms with Crippen LogP contribution in [0.4, 0.5) is 11.5 Å². The minimum absolute atomic E-state index is 0.117. The van der Waals surface area contributed by atoms with Gasteiger partial charge in [-0.3, -0.25) is 4.79 Å². The van der Waals surface area contributed by atoms with Crippen molar-refractivity contribution in [1.29, 1.82) is 0 Å². The number of pyridine rings is 1. The van der Waals surface area contributed by atoms with E-state index in [-0.39, 0.29) is 18.6 Å². The van der Waals surface area contributed by atoms with Gasteiger partial charge < -0.3 is 15.4 Å². The first-order valence-corrected chi connectivity index (χ1v) is 6.10. The SMILES string of the molecule is CCOC(=O)CN(c1nccc(C)c1N)C(C)C. The van der Waals surface area contributed by atoms with Crippen molar-refractivity contribution in [2.75, 3.05) is 23.8 Å². The first-order chi connectivity index (χ1) is 8.47. The van der Waals surface area contributed by atoms with Crippen LogP contribution >= 0.6 is 0 Å². The lowest BCUT2D eigenvalue weighted by atomic mass is 10.2. The van der Waals surface area contributed by atoms with Gasteiger partial charge in [0, 0.05) is 12.2 Å². The van der Waals surface area contributed by atoms with Gasteiger partial charge in [-0.2, -0.15) is 0 Å². The summed E-state index contributed by atoms with van der Waals surface area (Å²) in [6, 6.07) is 1.97. The number of ether oxygens (including phenoxy) is 1. The van der Waals surface area contributed by atoms with Gasteiger partial charge in [-0.05, 0) is 39.3 Å². The van der Waals surface area contributed by atoms with Crippen molar-refractivity contribution in [3.05, 3.63) is 17.8 Å². The molecule has 0 spiro atoms. The Kier molecular flexibility index (Phi) is 4.95. The van der Waals surface area contributed by atoms with Crippen LogP contribution in [0.15, 0.2) is 12.3 Å². The molecule has 0 saturated heterocycles. The van der Waals surface area contributed by atoms with Crippen molar-refractivity contribution >= 4 is 17.5 Å². The molecule has 0 atom stereocenters. The van der Waals surface area contributed by atoms with Gasteiger partial charge in [0.05, 0.1) is 12.3 Å². The monoisotopic (exact) mass is 251 g/mol. The van der Waals surface area contributed by atoms with Gasteiger partial charge in [0.25, 0.3) is 0 Å². The van der Waals surface area contributed by atoms with E-state index < -0.39 is 0 Å². The maximum Gasteiger partial charge on any atom is 0.325 e. The zero-order valence-corrected chi connectivity index (χ0v) is 11.4. The average molecular weight is 251 g/mol. The summed E-state index contributed by atoms with van der Waals surface area (Å²) in [7, 11) is 0. The average Bonchev–Trinajstić information content (AvgIpc) is 2.30. The van der Waals surface area contributed by atoms with E-state index in [0.717, 1.165) is 5.56 Å². The molecule has 0 aliphatic heterocycles. The van der Waals surface area contributed by atoms with E-state index in [9.17, 15) is 4.79 Å². The summed E-state index contributed by atoms with van der Waals surface area (Å²) in [5.41, 5.74) is 7.57. The molecule has 0 aromatic carbocycles. The second-order valence-electron chi connectivity index (χ2n) is 4.39. The van der Waals surface area contributed by atoms with E-state index in [1.165, 1.54) is 0 Å². The van der Waals surface area contributed by atoms with Crippen LogP contribution < -0.4 is 10.6 Å². The molecule has 0 unspecified atom stereocenters. The van der Waals surface area contributed by atoms with Crippen LogP contribution in [0.25, 0.3) is 0 Å². The van der Waals surface area contributed by atoms with Crippen LogP contribution in [0.5, 0.6) is 0 Å². The molecule has 0 aliphatic rings. The zero-order valence-electron chi connectivity index (χ0n) is 11.4. The van der Waals surface area contributed by atoms with Crippen LogP contribution in [0, 0.1) is 6.92 Å². The highest BCUT2D eigenvalue weighted by atomic mass is 16.5. The Labute approximate surface area is 108 Å². The number of rotatable bonds is 5. The minimum atomic E-state index is -0.270. The van der Waals surface area contributed by atoms with Gasteiger partial charge in [0.2, 0.25) is 0 Å². The predicted molar refractivity (Wildman–Crippen MR) is 72.5 cm³/mol. The Balaban J connectivity index is 2.98. The summed E-state index contributed by atoms with van der Waals surface area (Å²) in [5.74, 6) is 0.368. The van der Waals surface area contributed by atoms with E-state index in [1.54, 1.807) is 13.1 Å². The molecule has 2 N–H and O–H groups in total. The summed E-state index contributed by atoms with van der Waals surface area (Å²) >= 11 is 0. The molecule has 1 rings (SSSR count). The highest BCUT2D eigenvalue weighted by molar-refractivity contribution is 5.78. The third-order valence-electron chi connectivity index (χ3n) is 2.69. The van der Waals surface area contributed by atoms with Crippen LogP contribution in [0.1, 0.15) is 26.3 Å². The summed E-state index contributed by atoms with van der Waals surface area (Å²) in [4.78, 5) is 17.7. The first kappa shape index (κ1) is 14.3. The molecule has 5 nitrogen and oxygen atoms in total. The first-order valence-electron chi connectivity index (χ1n) is 6.10. The number of anilines is 2. The largest absolute Gasteiger partial charge is 0.465 e. The number of hydrogen-bond donors (Lipinski definition) is 1. The lowest BCUT2D eigenvalue weighted by Gasteiger charge is -2.28. The topological polar surface area (TPSA) is 68.5 Å². The molecule has 0 bridgehead atoms. The summed E-state index contributed by atoms with van der Waals surface area (Å²) < 4.78 is 4.96. The van der Waals surface area contributed by atoms with E-state index in [1.807, 2.05) is 31.7 Å². The van der Waals surface area contributed by atoms with Crippen LogP contribution in [0.2, 0.25) is 0 Å². The fraction of sp³-hybridized carbons (Fsp3) is 0.538. The number of carbonyl (C=O) groups is 1. The summed E-state index contributed by atoms with van der Waals surface area (Å²) in [6.45, 7) is 8.22. The lowest BCUT2D eigenvalue weighted by molar-refractivity contribution is -0.141. The maximum atomic E-state index is 11.6. The maximum absolute atomic E-state index is 11.6. The van der Waals surface area contributed by atoms with Crippen molar-refractivity contribution in [3.8, 4) is 0 Å². The molecule has 5 heteroatoms. The van der Waals surface area contributed by atoms with Gasteiger partial charge in [-0.25, -0.2) is 4.98 Å². The Morgan fingerprint density at radius 3 is 2.78 bits per heavy atom. The second-order valence-corrected chi connectivity index (χ2v) is 4.39. The second kappa shape index (κ2) is 6.23. The van der Waals surface area contributed by atoms with Crippen molar-refractivity contribution in [3.63, 3.8) is 0 Å². The van der Waals surface area contributed by atoms with E-state index >= 15 is 0 Å². The molecular formula is C13H21N3O2. The highest BCUT2D eigenvalue weighted by Gasteiger charge is 2.19. The Morgan fingerprint density at radius 2 is 2.22 bits per heavy atom. The van der Waals surface area contributed by atoms with E-state index in [2.05, 4.69) is 4.98 Å². The molecule has 0 aliphatic carbocycles.